The maximum absolute atomic E-state index is 5.82. The van der Waals surface area contributed by atoms with E-state index >= 15 is 0 Å². The first-order valence-electron chi connectivity index (χ1n) is 11.3. The predicted molar refractivity (Wildman–Crippen MR) is 116 cm³/mol. The number of pyridine rings is 1. The summed E-state index contributed by atoms with van der Waals surface area (Å²) in [5.74, 6) is 1.60. The van der Waals surface area contributed by atoms with Crippen molar-refractivity contribution >= 4 is 0 Å². The lowest BCUT2D eigenvalue weighted by molar-refractivity contribution is 0.123. The van der Waals surface area contributed by atoms with Crippen LogP contribution in [0.4, 0.5) is 0 Å². The Morgan fingerprint density at radius 2 is 1.90 bits per heavy atom. The molecule has 30 heavy (non-hydrogen) atoms. The third-order valence-electron chi connectivity index (χ3n) is 6.98. The molecule has 0 amide bonds. The van der Waals surface area contributed by atoms with Gasteiger partial charge in [0.2, 0.25) is 5.89 Å². The number of rotatable bonds is 5. The summed E-state index contributed by atoms with van der Waals surface area (Å²) in [7, 11) is 0. The van der Waals surface area contributed by atoms with Crippen LogP contribution < -0.4 is 0 Å². The van der Waals surface area contributed by atoms with Crippen molar-refractivity contribution < 1.29 is 4.52 Å². The van der Waals surface area contributed by atoms with Gasteiger partial charge in [-0.15, -0.1) is 0 Å². The van der Waals surface area contributed by atoms with Crippen LogP contribution in [0.15, 0.2) is 53.3 Å². The van der Waals surface area contributed by atoms with Gasteiger partial charge in [0, 0.05) is 18.4 Å². The minimum absolute atomic E-state index is 0.0971. The number of piperidine rings is 1. The van der Waals surface area contributed by atoms with Crippen molar-refractivity contribution in [3.05, 3.63) is 77.2 Å². The Balaban J connectivity index is 1.40. The van der Waals surface area contributed by atoms with Crippen molar-refractivity contribution in [3.63, 3.8) is 0 Å². The van der Waals surface area contributed by atoms with E-state index in [2.05, 4.69) is 52.3 Å². The smallest absolute Gasteiger partial charge is 0.240 e. The van der Waals surface area contributed by atoms with Gasteiger partial charge in [0.25, 0.3) is 0 Å². The highest BCUT2D eigenvalue weighted by molar-refractivity contribution is 5.35. The summed E-state index contributed by atoms with van der Waals surface area (Å²) < 4.78 is 5.82. The van der Waals surface area contributed by atoms with Crippen molar-refractivity contribution in [1.29, 1.82) is 0 Å². The summed E-state index contributed by atoms with van der Waals surface area (Å²) in [4.78, 5) is 11.8. The monoisotopic (exact) mass is 402 g/mol. The molecule has 1 aromatic carbocycles. The molecule has 2 aliphatic rings. The number of nitrogens with zero attached hydrogens (tertiary/aromatic N) is 4. The van der Waals surface area contributed by atoms with E-state index < -0.39 is 0 Å². The highest BCUT2D eigenvalue weighted by Gasteiger charge is 2.41. The van der Waals surface area contributed by atoms with Crippen LogP contribution in [-0.4, -0.2) is 26.6 Å². The molecule has 2 fully saturated rings. The van der Waals surface area contributed by atoms with Crippen LogP contribution in [0.3, 0.4) is 0 Å². The molecule has 0 bridgehead atoms. The molecule has 156 valence electrons. The van der Waals surface area contributed by atoms with Crippen LogP contribution in [0.5, 0.6) is 0 Å². The summed E-state index contributed by atoms with van der Waals surface area (Å²) >= 11 is 0. The third-order valence-corrected chi connectivity index (χ3v) is 6.98. The van der Waals surface area contributed by atoms with E-state index in [1.165, 1.54) is 42.4 Å². The number of likely N-dealkylation sites (tertiary alicyclic amines) is 1. The fourth-order valence-corrected chi connectivity index (χ4v) is 5.31. The van der Waals surface area contributed by atoms with Gasteiger partial charge in [0.15, 0.2) is 5.82 Å². The molecule has 3 heterocycles. The van der Waals surface area contributed by atoms with Gasteiger partial charge in [-0.3, -0.25) is 9.88 Å². The maximum atomic E-state index is 5.82. The van der Waals surface area contributed by atoms with Crippen LogP contribution in [-0.2, 0) is 12.0 Å². The molecule has 0 spiro atoms. The fourth-order valence-electron chi connectivity index (χ4n) is 5.31. The molecule has 1 atom stereocenters. The molecule has 5 heteroatoms. The van der Waals surface area contributed by atoms with Crippen molar-refractivity contribution in [2.45, 2.75) is 69.9 Å². The second kappa shape index (κ2) is 8.31. The van der Waals surface area contributed by atoms with Crippen molar-refractivity contribution in [2.75, 3.05) is 6.54 Å². The molecule has 1 saturated carbocycles. The van der Waals surface area contributed by atoms with Gasteiger partial charge in [-0.05, 0) is 56.3 Å². The molecule has 0 radical (unpaired) electrons. The molecular weight excluding hydrogens is 372 g/mol. The highest BCUT2D eigenvalue weighted by atomic mass is 16.5. The second-order valence-electron chi connectivity index (χ2n) is 8.94. The first-order valence-corrected chi connectivity index (χ1v) is 11.3. The summed E-state index contributed by atoms with van der Waals surface area (Å²) in [6.07, 6.45) is 12.1. The summed E-state index contributed by atoms with van der Waals surface area (Å²) in [6.45, 7) is 3.89. The summed E-state index contributed by atoms with van der Waals surface area (Å²) in [5.41, 5.74) is 3.79. The quantitative estimate of drug-likeness (QED) is 0.575. The van der Waals surface area contributed by atoms with Gasteiger partial charge in [0.05, 0.1) is 12.0 Å². The maximum Gasteiger partial charge on any atom is 0.240 e. The molecule has 1 saturated heterocycles. The van der Waals surface area contributed by atoms with E-state index in [9.17, 15) is 0 Å². The number of aromatic nitrogens is 3. The largest absolute Gasteiger partial charge is 0.338 e. The molecule has 2 aromatic heterocycles. The predicted octanol–water partition coefficient (Wildman–Crippen LogP) is 5.36. The van der Waals surface area contributed by atoms with Crippen LogP contribution in [0, 0.1) is 6.92 Å². The lowest BCUT2D eigenvalue weighted by atomic mass is 9.78. The zero-order valence-corrected chi connectivity index (χ0v) is 17.8. The standard InChI is InChI=1S/C25H30N4O/c1-19-9-11-21(12-10-19)25(13-3-4-14-25)24-27-23(30-28-24)18-29-16-5-2-8-22(29)20-7-6-15-26-17-20/h6-7,9-12,15,17,22H,2-5,8,13-14,16,18H2,1H3/t22-/m0/s1. The van der Waals surface area contributed by atoms with Crippen molar-refractivity contribution in [2.24, 2.45) is 0 Å². The lowest BCUT2D eigenvalue weighted by Crippen LogP contribution is -2.33. The Kier molecular flexibility index (Phi) is 5.38. The first kappa shape index (κ1) is 19.4. The van der Waals surface area contributed by atoms with E-state index in [0.29, 0.717) is 12.6 Å². The zero-order chi connectivity index (χ0) is 20.4. The highest BCUT2D eigenvalue weighted by Crippen LogP contribution is 2.45. The van der Waals surface area contributed by atoms with Gasteiger partial charge < -0.3 is 4.52 Å². The summed E-state index contributed by atoms with van der Waals surface area (Å²) in [6, 6.07) is 13.5. The molecule has 5 nitrogen and oxygen atoms in total. The van der Waals surface area contributed by atoms with Crippen LogP contribution >= 0.6 is 0 Å². The molecular formula is C25H30N4O. The van der Waals surface area contributed by atoms with Gasteiger partial charge in [0.1, 0.15) is 0 Å². The van der Waals surface area contributed by atoms with E-state index in [1.807, 2.05) is 18.5 Å². The summed E-state index contributed by atoms with van der Waals surface area (Å²) in [5, 5.41) is 4.51. The fraction of sp³-hybridized carbons (Fsp3) is 0.480. The zero-order valence-electron chi connectivity index (χ0n) is 17.8. The van der Waals surface area contributed by atoms with E-state index in [0.717, 1.165) is 37.5 Å². The Labute approximate surface area is 178 Å². The Morgan fingerprint density at radius 3 is 2.67 bits per heavy atom. The Morgan fingerprint density at radius 1 is 1.07 bits per heavy atom. The Bertz CT molecular complexity index is 960. The molecule has 3 aromatic rings. The average Bonchev–Trinajstić information content (AvgIpc) is 3.46. The lowest BCUT2D eigenvalue weighted by Gasteiger charge is -2.34. The molecule has 1 aliphatic heterocycles. The second-order valence-corrected chi connectivity index (χ2v) is 8.94. The van der Waals surface area contributed by atoms with Gasteiger partial charge in [-0.25, -0.2) is 0 Å². The topological polar surface area (TPSA) is 55.1 Å². The van der Waals surface area contributed by atoms with E-state index in [-0.39, 0.29) is 5.41 Å². The van der Waals surface area contributed by atoms with E-state index in [4.69, 9.17) is 9.51 Å². The average molecular weight is 403 g/mol. The number of hydrogen-bond donors (Lipinski definition) is 0. The SMILES string of the molecule is Cc1ccc(C2(c3noc(CN4CCCC[C@H]4c4cccnc4)n3)CCCC2)cc1. The number of hydrogen-bond acceptors (Lipinski definition) is 5. The van der Waals surface area contributed by atoms with Crippen LogP contribution in [0.1, 0.15) is 79.4 Å². The molecule has 1 aliphatic carbocycles. The minimum atomic E-state index is -0.0971. The molecule has 0 unspecified atom stereocenters. The minimum Gasteiger partial charge on any atom is -0.338 e. The number of aryl methyl sites for hydroxylation is 1. The number of benzene rings is 1. The van der Waals surface area contributed by atoms with Gasteiger partial charge in [-0.2, -0.15) is 4.98 Å². The van der Waals surface area contributed by atoms with E-state index in [1.54, 1.807) is 0 Å². The van der Waals surface area contributed by atoms with Gasteiger partial charge in [-0.1, -0.05) is 60.3 Å². The third kappa shape index (κ3) is 3.67. The normalized spacial score (nSPS) is 21.7. The van der Waals surface area contributed by atoms with Crippen LogP contribution in [0.25, 0.3) is 0 Å². The van der Waals surface area contributed by atoms with Crippen LogP contribution in [0.2, 0.25) is 0 Å². The first-order chi connectivity index (χ1) is 14.7. The van der Waals surface area contributed by atoms with Gasteiger partial charge >= 0.3 is 0 Å². The molecule has 5 rings (SSSR count). The van der Waals surface area contributed by atoms with Crippen molar-refractivity contribution in [1.82, 2.24) is 20.0 Å². The molecule has 0 N–H and O–H groups in total. The Hall–Kier alpha value is -2.53. The van der Waals surface area contributed by atoms with Crippen molar-refractivity contribution in [3.8, 4) is 0 Å².